The predicted molar refractivity (Wildman–Crippen MR) is 82.3 cm³/mol. The first-order valence-electron chi connectivity index (χ1n) is 6.90. The third-order valence-electron chi connectivity index (χ3n) is 3.42. The van der Waals surface area contributed by atoms with Crippen molar-refractivity contribution in [3.8, 4) is 0 Å². The summed E-state index contributed by atoms with van der Waals surface area (Å²) in [7, 11) is 0. The van der Waals surface area contributed by atoms with Crippen LogP contribution in [0.3, 0.4) is 0 Å². The quantitative estimate of drug-likeness (QED) is 0.805. The van der Waals surface area contributed by atoms with Crippen LogP contribution in [0.4, 0.5) is 0 Å². The zero-order chi connectivity index (χ0) is 14.5. The summed E-state index contributed by atoms with van der Waals surface area (Å²) in [5, 5.41) is 3.06. The van der Waals surface area contributed by atoms with Crippen molar-refractivity contribution in [3.05, 3.63) is 21.9 Å². The van der Waals surface area contributed by atoms with Crippen LogP contribution in [0.5, 0.6) is 0 Å². The van der Waals surface area contributed by atoms with Gasteiger partial charge in [0.05, 0.1) is 6.04 Å². The van der Waals surface area contributed by atoms with E-state index in [9.17, 15) is 4.79 Å². The first-order valence-corrected chi connectivity index (χ1v) is 7.71. The molecule has 0 aliphatic carbocycles. The monoisotopic (exact) mass is 282 g/mol. The van der Waals surface area contributed by atoms with Crippen LogP contribution in [0.25, 0.3) is 0 Å². The van der Waals surface area contributed by atoms with E-state index in [1.807, 2.05) is 6.92 Å². The van der Waals surface area contributed by atoms with Gasteiger partial charge in [0.1, 0.15) is 0 Å². The van der Waals surface area contributed by atoms with Gasteiger partial charge in [0.15, 0.2) is 0 Å². The van der Waals surface area contributed by atoms with Gasteiger partial charge in [-0.3, -0.25) is 4.79 Å². The van der Waals surface area contributed by atoms with Gasteiger partial charge in [0.25, 0.3) is 0 Å². The molecule has 0 radical (unpaired) electrons. The summed E-state index contributed by atoms with van der Waals surface area (Å²) >= 11 is 1.74. The molecule has 3 N–H and O–H groups in total. The molecule has 1 unspecified atom stereocenters. The normalized spacial score (nSPS) is 13.3. The highest BCUT2D eigenvalue weighted by atomic mass is 32.1. The van der Waals surface area contributed by atoms with Gasteiger partial charge >= 0.3 is 0 Å². The van der Waals surface area contributed by atoms with Crippen molar-refractivity contribution in [2.75, 3.05) is 6.54 Å². The fraction of sp³-hybridized carbons (Fsp3) is 0.667. The number of carbonyl (C=O) groups excluding carboxylic acids is 1. The average molecular weight is 282 g/mol. The number of nitrogens with two attached hydrogens (primary N) is 1. The van der Waals surface area contributed by atoms with Crippen molar-refractivity contribution >= 4 is 17.2 Å². The van der Waals surface area contributed by atoms with E-state index >= 15 is 0 Å². The maximum atomic E-state index is 11.9. The number of hydrogen-bond donors (Lipinski definition) is 2. The van der Waals surface area contributed by atoms with Crippen LogP contribution in [-0.2, 0) is 4.79 Å². The van der Waals surface area contributed by atoms with E-state index in [-0.39, 0.29) is 17.4 Å². The van der Waals surface area contributed by atoms with Crippen molar-refractivity contribution < 1.29 is 4.79 Å². The molecule has 0 aromatic carbocycles. The molecule has 0 saturated carbocycles. The van der Waals surface area contributed by atoms with E-state index in [1.54, 1.807) is 11.3 Å². The van der Waals surface area contributed by atoms with Crippen LogP contribution in [-0.4, -0.2) is 12.5 Å². The fourth-order valence-electron chi connectivity index (χ4n) is 2.04. The minimum absolute atomic E-state index is 0.101. The Morgan fingerprint density at radius 1 is 1.42 bits per heavy atom. The van der Waals surface area contributed by atoms with Gasteiger partial charge in [-0.1, -0.05) is 13.8 Å². The summed E-state index contributed by atoms with van der Waals surface area (Å²) in [5.41, 5.74) is 5.73. The van der Waals surface area contributed by atoms with Crippen LogP contribution in [0, 0.1) is 12.3 Å². The third kappa shape index (κ3) is 5.74. The number of nitrogens with one attached hydrogen (secondary N) is 1. The first-order chi connectivity index (χ1) is 8.84. The lowest BCUT2D eigenvalue weighted by molar-refractivity contribution is -0.122. The lowest BCUT2D eigenvalue weighted by Crippen LogP contribution is -2.28. The Kier molecular flexibility index (Phi) is 6.01. The Labute approximate surface area is 120 Å². The molecule has 0 bridgehead atoms. The second-order valence-corrected chi connectivity index (χ2v) is 7.26. The van der Waals surface area contributed by atoms with Crippen LogP contribution < -0.4 is 11.1 Å². The summed E-state index contributed by atoms with van der Waals surface area (Å²) in [6.07, 6.45) is 2.41. The van der Waals surface area contributed by atoms with Gasteiger partial charge in [0, 0.05) is 16.2 Å². The minimum atomic E-state index is 0.101. The standard InChI is InChI=1S/C15H26N2OS/c1-11-5-6-13(19-11)12(2)17-14(18)7-8-15(3,4)9-10-16/h5-6,12H,7-10,16H2,1-4H3,(H,17,18). The summed E-state index contributed by atoms with van der Waals surface area (Å²) in [5.74, 6) is 0.128. The van der Waals surface area contributed by atoms with E-state index in [0.29, 0.717) is 13.0 Å². The highest BCUT2D eigenvalue weighted by Gasteiger charge is 2.19. The Balaban J connectivity index is 2.39. The number of amides is 1. The SMILES string of the molecule is Cc1ccc(C(C)NC(=O)CCC(C)(C)CCN)s1. The zero-order valence-electron chi connectivity index (χ0n) is 12.5. The summed E-state index contributed by atoms with van der Waals surface area (Å²) in [6.45, 7) is 9.13. The molecule has 1 rings (SSSR count). The van der Waals surface area contributed by atoms with Gasteiger partial charge in [-0.25, -0.2) is 0 Å². The maximum Gasteiger partial charge on any atom is 0.220 e. The van der Waals surface area contributed by atoms with Crippen LogP contribution in [0.1, 0.15) is 55.8 Å². The molecule has 1 aromatic rings. The molecule has 1 aromatic heterocycles. The molecule has 0 aliphatic rings. The van der Waals surface area contributed by atoms with Crippen molar-refractivity contribution in [2.45, 2.75) is 53.0 Å². The maximum absolute atomic E-state index is 11.9. The van der Waals surface area contributed by atoms with Crippen LogP contribution in [0.2, 0.25) is 0 Å². The van der Waals surface area contributed by atoms with Crippen molar-refractivity contribution in [1.82, 2.24) is 5.32 Å². The molecule has 4 heteroatoms. The number of rotatable bonds is 7. The predicted octanol–water partition coefficient (Wildman–Crippen LogP) is 3.39. The van der Waals surface area contributed by atoms with Gasteiger partial charge in [-0.15, -0.1) is 11.3 Å². The van der Waals surface area contributed by atoms with E-state index in [4.69, 9.17) is 5.73 Å². The van der Waals surface area contributed by atoms with Gasteiger partial charge in [-0.2, -0.15) is 0 Å². The number of aryl methyl sites for hydroxylation is 1. The summed E-state index contributed by atoms with van der Waals surface area (Å²) in [6, 6.07) is 4.28. The lowest BCUT2D eigenvalue weighted by Gasteiger charge is -2.23. The second-order valence-electron chi connectivity index (χ2n) is 5.94. The van der Waals surface area contributed by atoms with Gasteiger partial charge < -0.3 is 11.1 Å². The summed E-state index contributed by atoms with van der Waals surface area (Å²) < 4.78 is 0. The molecule has 0 aliphatic heterocycles. The Hall–Kier alpha value is -0.870. The molecule has 19 heavy (non-hydrogen) atoms. The van der Waals surface area contributed by atoms with Crippen molar-refractivity contribution in [1.29, 1.82) is 0 Å². The van der Waals surface area contributed by atoms with Crippen molar-refractivity contribution in [2.24, 2.45) is 11.1 Å². The zero-order valence-corrected chi connectivity index (χ0v) is 13.3. The molecule has 3 nitrogen and oxygen atoms in total. The molecule has 1 atom stereocenters. The Bertz CT molecular complexity index is 412. The molecule has 0 saturated heterocycles. The van der Waals surface area contributed by atoms with E-state index in [2.05, 4.69) is 38.2 Å². The van der Waals surface area contributed by atoms with E-state index in [0.717, 1.165) is 12.8 Å². The topological polar surface area (TPSA) is 55.1 Å². The van der Waals surface area contributed by atoms with Crippen LogP contribution in [0.15, 0.2) is 12.1 Å². The average Bonchev–Trinajstić information content (AvgIpc) is 2.73. The van der Waals surface area contributed by atoms with Gasteiger partial charge in [0.2, 0.25) is 5.91 Å². The number of hydrogen-bond acceptors (Lipinski definition) is 3. The Morgan fingerprint density at radius 3 is 2.63 bits per heavy atom. The minimum Gasteiger partial charge on any atom is -0.349 e. The molecular formula is C15H26N2OS. The summed E-state index contributed by atoms with van der Waals surface area (Å²) in [4.78, 5) is 14.4. The highest BCUT2D eigenvalue weighted by Crippen LogP contribution is 2.26. The lowest BCUT2D eigenvalue weighted by atomic mass is 9.84. The third-order valence-corrected chi connectivity index (χ3v) is 4.60. The highest BCUT2D eigenvalue weighted by molar-refractivity contribution is 7.12. The molecule has 0 spiro atoms. The fourth-order valence-corrected chi connectivity index (χ4v) is 2.92. The molecule has 1 heterocycles. The molecule has 1 amide bonds. The first kappa shape index (κ1) is 16.2. The molecule has 0 fully saturated rings. The Morgan fingerprint density at radius 2 is 2.11 bits per heavy atom. The molecule has 108 valence electrons. The van der Waals surface area contributed by atoms with Crippen LogP contribution >= 0.6 is 11.3 Å². The largest absolute Gasteiger partial charge is 0.349 e. The van der Waals surface area contributed by atoms with Crippen molar-refractivity contribution in [3.63, 3.8) is 0 Å². The smallest absolute Gasteiger partial charge is 0.220 e. The van der Waals surface area contributed by atoms with Gasteiger partial charge in [-0.05, 0) is 50.8 Å². The van der Waals surface area contributed by atoms with E-state index in [1.165, 1.54) is 9.75 Å². The number of thiophene rings is 1. The van der Waals surface area contributed by atoms with E-state index < -0.39 is 0 Å². The molecular weight excluding hydrogens is 256 g/mol. The second kappa shape index (κ2) is 7.06. The number of carbonyl (C=O) groups is 1.